The van der Waals surface area contributed by atoms with Crippen molar-refractivity contribution in [2.75, 3.05) is 0 Å². The first kappa shape index (κ1) is 12.7. The lowest BCUT2D eigenvalue weighted by Crippen LogP contribution is -1.96. The molecule has 1 heteroatoms. The molecule has 2 rings (SSSR count). The fourth-order valence-electron chi connectivity index (χ4n) is 2.13. The third-order valence-corrected chi connectivity index (χ3v) is 3.50. The van der Waals surface area contributed by atoms with E-state index in [4.69, 9.17) is 0 Å². The summed E-state index contributed by atoms with van der Waals surface area (Å²) in [6.07, 6.45) is 0. The molecule has 0 heterocycles. The van der Waals surface area contributed by atoms with Crippen LogP contribution in [0.3, 0.4) is 0 Å². The Balaban J connectivity index is 2.23. The summed E-state index contributed by atoms with van der Waals surface area (Å²) < 4.78 is 0. The van der Waals surface area contributed by atoms with Crippen LogP contribution in [0, 0.1) is 0 Å². The SMILES string of the molecule is CC(C)c1ccc(C(C)c2ccc(O)cc2)cc1. The Hall–Kier alpha value is -1.76. The molecule has 0 aliphatic carbocycles. The second-order valence-corrected chi connectivity index (χ2v) is 5.13. The molecule has 1 nitrogen and oxygen atoms in total. The van der Waals surface area contributed by atoms with Gasteiger partial charge in [-0.25, -0.2) is 0 Å². The van der Waals surface area contributed by atoms with Crippen molar-refractivity contribution in [3.8, 4) is 5.75 Å². The van der Waals surface area contributed by atoms with Crippen LogP contribution in [-0.4, -0.2) is 5.11 Å². The van der Waals surface area contributed by atoms with Crippen molar-refractivity contribution < 1.29 is 5.11 Å². The minimum Gasteiger partial charge on any atom is -0.508 e. The third-order valence-electron chi connectivity index (χ3n) is 3.50. The van der Waals surface area contributed by atoms with Crippen molar-refractivity contribution in [3.63, 3.8) is 0 Å². The Morgan fingerprint density at radius 2 is 1.06 bits per heavy atom. The normalized spacial score (nSPS) is 12.7. The third kappa shape index (κ3) is 2.73. The maximum atomic E-state index is 9.31. The molecule has 1 N–H and O–H groups in total. The highest BCUT2D eigenvalue weighted by molar-refractivity contribution is 5.36. The Labute approximate surface area is 109 Å². The Kier molecular flexibility index (Phi) is 3.71. The fourth-order valence-corrected chi connectivity index (χ4v) is 2.13. The van der Waals surface area contributed by atoms with E-state index in [2.05, 4.69) is 45.0 Å². The first-order valence-corrected chi connectivity index (χ1v) is 6.46. The van der Waals surface area contributed by atoms with Crippen molar-refractivity contribution in [2.45, 2.75) is 32.6 Å². The molecule has 0 aromatic heterocycles. The van der Waals surface area contributed by atoms with E-state index in [1.54, 1.807) is 12.1 Å². The van der Waals surface area contributed by atoms with E-state index in [1.165, 1.54) is 16.7 Å². The van der Waals surface area contributed by atoms with Gasteiger partial charge in [-0.15, -0.1) is 0 Å². The van der Waals surface area contributed by atoms with Crippen LogP contribution in [0.5, 0.6) is 5.75 Å². The van der Waals surface area contributed by atoms with Gasteiger partial charge in [-0.05, 0) is 34.7 Å². The van der Waals surface area contributed by atoms with Crippen LogP contribution in [0.25, 0.3) is 0 Å². The van der Waals surface area contributed by atoms with E-state index in [0.717, 1.165) is 0 Å². The Morgan fingerprint density at radius 1 is 0.667 bits per heavy atom. The molecule has 2 aromatic carbocycles. The summed E-state index contributed by atoms with van der Waals surface area (Å²) in [6, 6.07) is 16.3. The highest BCUT2D eigenvalue weighted by Crippen LogP contribution is 2.26. The minimum absolute atomic E-state index is 0.320. The highest BCUT2D eigenvalue weighted by atomic mass is 16.3. The lowest BCUT2D eigenvalue weighted by Gasteiger charge is -2.14. The maximum absolute atomic E-state index is 9.31. The zero-order valence-corrected chi connectivity index (χ0v) is 11.2. The number of rotatable bonds is 3. The van der Waals surface area contributed by atoms with E-state index in [-0.39, 0.29) is 0 Å². The lowest BCUT2D eigenvalue weighted by molar-refractivity contribution is 0.475. The molecule has 0 radical (unpaired) electrons. The van der Waals surface area contributed by atoms with Gasteiger partial charge in [0.15, 0.2) is 0 Å². The van der Waals surface area contributed by atoms with Gasteiger partial charge in [0.25, 0.3) is 0 Å². The van der Waals surface area contributed by atoms with Crippen LogP contribution < -0.4 is 0 Å². The number of hydrogen-bond acceptors (Lipinski definition) is 1. The molecule has 2 aromatic rings. The molecule has 0 saturated carbocycles. The van der Waals surface area contributed by atoms with Gasteiger partial charge < -0.3 is 5.11 Å². The van der Waals surface area contributed by atoms with Gasteiger partial charge in [0.2, 0.25) is 0 Å². The molecular formula is C17H20O. The standard InChI is InChI=1S/C17H20O/c1-12(2)14-4-6-15(7-5-14)13(3)16-8-10-17(18)11-9-16/h4-13,18H,1-3H3. The number of hydrogen-bond donors (Lipinski definition) is 1. The second kappa shape index (κ2) is 5.26. The van der Waals surface area contributed by atoms with Gasteiger partial charge in [-0.2, -0.15) is 0 Å². The minimum atomic E-state index is 0.320. The number of aromatic hydroxyl groups is 1. The Bertz CT molecular complexity index is 494. The van der Waals surface area contributed by atoms with Gasteiger partial charge >= 0.3 is 0 Å². The largest absolute Gasteiger partial charge is 0.508 e. The van der Waals surface area contributed by atoms with Crippen molar-refractivity contribution >= 4 is 0 Å². The van der Waals surface area contributed by atoms with Gasteiger partial charge in [-0.3, -0.25) is 0 Å². The number of phenolic OH excluding ortho intramolecular Hbond substituents is 1. The van der Waals surface area contributed by atoms with Gasteiger partial charge in [0, 0.05) is 5.92 Å². The fraction of sp³-hybridized carbons (Fsp3) is 0.294. The van der Waals surface area contributed by atoms with Crippen LogP contribution in [0.1, 0.15) is 49.3 Å². The summed E-state index contributed by atoms with van der Waals surface area (Å²) in [5.74, 6) is 1.25. The molecule has 0 aliphatic heterocycles. The molecule has 0 aliphatic rings. The average molecular weight is 240 g/mol. The number of phenols is 1. The van der Waals surface area contributed by atoms with E-state index < -0.39 is 0 Å². The summed E-state index contributed by atoms with van der Waals surface area (Å²) in [6.45, 7) is 6.60. The van der Waals surface area contributed by atoms with Crippen LogP contribution in [-0.2, 0) is 0 Å². The van der Waals surface area contributed by atoms with Crippen LogP contribution in [0.4, 0.5) is 0 Å². The van der Waals surface area contributed by atoms with Gasteiger partial charge in [0.05, 0.1) is 0 Å². The van der Waals surface area contributed by atoms with Crippen molar-refractivity contribution in [2.24, 2.45) is 0 Å². The van der Waals surface area contributed by atoms with E-state index in [0.29, 0.717) is 17.6 Å². The summed E-state index contributed by atoms with van der Waals surface area (Å²) in [4.78, 5) is 0. The Morgan fingerprint density at radius 3 is 1.50 bits per heavy atom. The highest BCUT2D eigenvalue weighted by Gasteiger charge is 2.08. The molecule has 0 fully saturated rings. The summed E-state index contributed by atoms with van der Waals surface area (Å²) in [5.41, 5.74) is 3.91. The van der Waals surface area contributed by atoms with E-state index in [9.17, 15) is 5.11 Å². The lowest BCUT2D eigenvalue weighted by atomic mass is 9.91. The quantitative estimate of drug-likeness (QED) is 0.826. The smallest absolute Gasteiger partial charge is 0.115 e. The van der Waals surface area contributed by atoms with E-state index >= 15 is 0 Å². The molecule has 1 atom stereocenters. The topological polar surface area (TPSA) is 20.2 Å². The van der Waals surface area contributed by atoms with Crippen molar-refractivity contribution in [1.29, 1.82) is 0 Å². The van der Waals surface area contributed by atoms with Crippen molar-refractivity contribution in [1.82, 2.24) is 0 Å². The van der Waals surface area contributed by atoms with Crippen LogP contribution >= 0.6 is 0 Å². The van der Waals surface area contributed by atoms with Crippen molar-refractivity contribution in [3.05, 3.63) is 65.2 Å². The molecule has 94 valence electrons. The average Bonchev–Trinajstić information content (AvgIpc) is 2.39. The molecule has 0 amide bonds. The first-order valence-electron chi connectivity index (χ1n) is 6.46. The molecule has 0 spiro atoms. The maximum Gasteiger partial charge on any atom is 0.115 e. The second-order valence-electron chi connectivity index (χ2n) is 5.13. The van der Waals surface area contributed by atoms with Crippen LogP contribution in [0.2, 0.25) is 0 Å². The summed E-state index contributed by atoms with van der Waals surface area (Å²) in [7, 11) is 0. The molecule has 0 bridgehead atoms. The molecular weight excluding hydrogens is 220 g/mol. The summed E-state index contributed by atoms with van der Waals surface area (Å²) >= 11 is 0. The first-order chi connectivity index (χ1) is 8.58. The summed E-state index contributed by atoms with van der Waals surface area (Å²) in [5, 5.41) is 9.31. The molecule has 1 unspecified atom stereocenters. The van der Waals surface area contributed by atoms with E-state index in [1.807, 2.05) is 12.1 Å². The zero-order chi connectivity index (χ0) is 13.1. The number of benzene rings is 2. The molecule has 18 heavy (non-hydrogen) atoms. The monoisotopic (exact) mass is 240 g/mol. The zero-order valence-electron chi connectivity index (χ0n) is 11.2. The predicted octanol–water partition coefficient (Wildman–Crippen LogP) is 4.67. The molecule has 0 saturated heterocycles. The van der Waals surface area contributed by atoms with Gasteiger partial charge in [0.1, 0.15) is 5.75 Å². The van der Waals surface area contributed by atoms with Gasteiger partial charge in [-0.1, -0.05) is 57.2 Å². The predicted molar refractivity (Wildman–Crippen MR) is 76.2 cm³/mol. The van der Waals surface area contributed by atoms with Crippen LogP contribution in [0.15, 0.2) is 48.5 Å².